The lowest BCUT2D eigenvalue weighted by molar-refractivity contribution is 0.441. The van der Waals surface area contributed by atoms with Gasteiger partial charge < -0.3 is 5.32 Å². The Hall–Kier alpha value is -0.0600. The molecule has 0 aromatic carbocycles. The minimum absolute atomic E-state index is 0.688. The molecule has 1 aliphatic carbocycles. The molecule has 0 saturated heterocycles. The molecule has 0 aliphatic heterocycles. The van der Waals surface area contributed by atoms with Crippen LogP contribution in [0.5, 0.6) is 0 Å². The van der Waals surface area contributed by atoms with Crippen molar-refractivity contribution in [1.82, 2.24) is 10.3 Å². The number of nitrogens with one attached hydrogen (secondary N) is 1. The Labute approximate surface area is 116 Å². The molecule has 1 fully saturated rings. The first-order chi connectivity index (χ1) is 8.20. The van der Waals surface area contributed by atoms with Crippen LogP contribution in [0.2, 0.25) is 0 Å². The molecule has 4 heteroatoms. The Morgan fingerprint density at radius 1 is 1.47 bits per heavy atom. The number of pyridine rings is 1. The van der Waals surface area contributed by atoms with E-state index in [4.69, 9.17) is 0 Å². The van der Waals surface area contributed by atoms with Crippen molar-refractivity contribution >= 4 is 27.7 Å². The largest absolute Gasteiger partial charge is 0.314 e. The topological polar surface area (TPSA) is 24.9 Å². The standard InChI is InChI=1S/C13H19BrN2S/c1-3-15-11-5-6-12(9(11)2)17-13-7-4-10(14)8-16-13/h4,7-9,11-12,15H,3,5-6H2,1-2H3. The number of halogens is 1. The van der Waals surface area contributed by atoms with Crippen molar-refractivity contribution < 1.29 is 0 Å². The summed E-state index contributed by atoms with van der Waals surface area (Å²) in [5, 5.41) is 5.42. The van der Waals surface area contributed by atoms with Crippen LogP contribution in [0.4, 0.5) is 0 Å². The second kappa shape index (κ2) is 6.21. The predicted octanol–water partition coefficient (Wildman–Crippen LogP) is 3.71. The fourth-order valence-electron chi connectivity index (χ4n) is 2.43. The van der Waals surface area contributed by atoms with Crippen molar-refractivity contribution in [3.8, 4) is 0 Å². The van der Waals surface area contributed by atoms with Crippen molar-refractivity contribution in [3.05, 3.63) is 22.8 Å². The first-order valence-corrected chi connectivity index (χ1v) is 7.89. The van der Waals surface area contributed by atoms with E-state index in [9.17, 15) is 0 Å². The van der Waals surface area contributed by atoms with E-state index >= 15 is 0 Å². The van der Waals surface area contributed by atoms with Gasteiger partial charge in [-0.2, -0.15) is 0 Å². The molecular formula is C13H19BrN2S. The van der Waals surface area contributed by atoms with Gasteiger partial charge in [0.1, 0.15) is 0 Å². The second-order valence-corrected chi connectivity index (χ2v) is 6.75. The van der Waals surface area contributed by atoms with E-state index in [0.29, 0.717) is 11.3 Å². The molecule has 1 aromatic heterocycles. The number of hydrogen-bond donors (Lipinski definition) is 1. The Morgan fingerprint density at radius 2 is 2.29 bits per heavy atom. The summed E-state index contributed by atoms with van der Waals surface area (Å²) < 4.78 is 1.05. The van der Waals surface area contributed by atoms with Gasteiger partial charge in [-0.25, -0.2) is 4.98 Å². The highest BCUT2D eigenvalue weighted by Gasteiger charge is 2.32. The van der Waals surface area contributed by atoms with Crippen LogP contribution in [-0.4, -0.2) is 22.8 Å². The monoisotopic (exact) mass is 314 g/mol. The summed E-state index contributed by atoms with van der Waals surface area (Å²) in [6.45, 7) is 5.61. The third-order valence-electron chi connectivity index (χ3n) is 3.42. The van der Waals surface area contributed by atoms with E-state index in [1.807, 2.05) is 18.0 Å². The molecule has 2 rings (SSSR count). The number of rotatable bonds is 4. The third kappa shape index (κ3) is 3.46. The average molecular weight is 315 g/mol. The van der Waals surface area contributed by atoms with Gasteiger partial charge in [-0.1, -0.05) is 13.8 Å². The predicted molar refractivity (Wildman–Crippen MR) is 77.4 cm³/mol. The van der Waals surface area contributed by atoms with Crippen LogP contribution in [0.15, 0.2) is 27.8 Å². The van der Waals surface area contributed by atoms with Crippen LogP contribution in [0, 0.1) is 5.92 Å². The number of aromatic nitrogens is 1. The summed E-state index contributed by atoms with van der Waals surface area (Å²) in [5.74, 6) is 0.727. The molecule has 1 aliphatic rings. The molecule has 3 atom stereocenters. The lowest BCUT2D eigenvalue weighted by atomic mass is 10.1. The summed E-state index contributed by atoms with van der Waals surface area (Å²) in [5.41, 5.74) is 0. The van der Waals surface area contributed by atoms with Crippen LogP contribution < -0.4 is 5.32 Å². The maximum Gasteiger partial charge on any atom is 0.0963 e. The first-order valence-electron chi connectivity index (χ1n) is 6.22. The fraction of sp³-hybridized carbons (Fsp3) is 0.615. The lowest BCUT2D eigenvalue weighted by Gasteiger charge is -2.20. The summed E-state index contributed by atoms with van der Waals surface area (Å²) >= 11 is 5.34. The van der Waals surface area contributed by atoms with Crippen LogP contribution >= 0.6 is 27.7 Å². The molecule has 0 bridgehead atoms. The lowest BCUT2D eigenvalue weighted by Crippen LogP contribution is -2.33. The smallest absolute Gasteiger partial charge is 0.0963 e. The first kappa shape index (κ1) is 13.4. The maximum atomic E-state index is 4.44. The van der Waals surface area contributed by atoms with Crippen LogP contribution in [-0.2, 0) is 0 Å². The molecule has 3 unspecified atom stereocenters. The number of nitrogens with zero attached hydrogens (tertiary/aromatic N) is 1. The van der Waals surface area contributed by atoms with Crippen molar-refractivity contribution in [2.75, 3.05) is 6.54 Å². The molecule has 1 N–H and O–H groups in total. The molecule has 1 saturated carbocycles. The molecule has 1 aromatic rings. The third-order valence-corrected chi connectivity index (χ3v) is 5.34. The van der Waals surface area contributed by atoms with Gasteiger partial charge >= 0.3 is 0 Å². The van der Waals surface area contributed by atoms with Gasteiger partial charge in [-0.15, -0.1) is 11.8 Å². The van der Waals surface area contributed by atoms with Crippen LogP contribution in [0.25, 0.3) is 0 Å². The van der Waals surface area contributed by atoms with Crippen LogP contribution in [0.1, 0.15) is 26.7 Å². The summed E-state index contributed by atoms with van der Waals surface area (Å²) in [6, 6.07) is 4.85. The summed E-state index contributed by atoms with van der Waals surface area (Å²) in [4.78, 5) is 4.44. The highest BCUT2D eigenvalue weighted by Crippen LogP contribution is 2.38. The van der Waals surface area contributed by atoms with E-state index in [2.05, 4.69) is 52.2 Å². The maximum absolute atomic E-state index is 4.44. The fourth-order valence-corrected chi connectivity index (χ4v) is 3.90. The molecule has 0 amide bonds. The van der Waals surface area contributed by atoms with E-state index in [1.54, 1.807) is 0 Å². The van der Waals surface area contributed by atoms with E-state index in [0.717, 1.165) is 22.0 Å². The van der Waals surface area contributed by atoms with Gasteiger partial charge in [-0.05, 0) is 53.4 Å². The molecule has 17 heavy (non-hydrogen) atoms. The zero-order valence-electron chi connectivity index (χ0n) is 10.3. The quantitative estimate of drug-likeness (QED) is 0.917. The minimum atomic E-state index is 0.688. The second-order valence-electron chi connectivity index (χ2n) is 4.57. The molecule has 0 radical (unpaired) electrons. The van der Waals surface area contributed by atoms with Crippen molar-refractivity contribution in [2.24, 2.45) is 5.92 Å². The van der Waals surface area contributed by atoms with Crippen molar-refractivity contribution in [1.29, 1.82) is 0 Å². The summed E-state index contributed by atoms with van der Waals surface area (Å²) in [6.07, 6.45) is 4.47. The SMILES string of the molecule is CCNC1CCC(Sc2ccc(Br)cn2)C1C. The Balaban J connectivity index is 1.94. The van der Waals surface area contributed by atoms with Crippen molar-refractivity contribution in [2.45, 2.75) is 43.0 Å². The van der Waals surface area contributed by atoms with Crippen LogP contribution in [0.3, 0.4) is 0 Å². The molecule has 0 spiro atoms. The Morgan fingerprint density at radius 3 is 2.94 bits per heavy atom. The molecule has 94 valence electrons. The van der Waals surface area contributed by atoms with Gasteiger partial charge in [-0.3, -0.25) is 0 Å². The van der Waals surface area contributed by atoms with E-state index < -0.39 is 0 Å². The number of hydrogen-bond acceptors (Lipinski definition) is 3. The van der Waals surface area contributed by atoms with Gasteiger partial charge in [0.25, 0.3) is 0 Å². The normalized spacial score (nSPS) is 28.5. The highest BCUT2D eigenvalue weighted by atomic mass is 79.9. The molecular weight excluding hydrogens is 296 g/mol. The summed E-state index contributed by atoms with van der Waals surface area (Å²) in [7, 11) is 0. The Kier molecular flexibility index (Phi) is 4.88. The van der Waals surface area contributed by atoms with E-state index in [-0.39, 0.29) is 0 Å². The van der Waals surface area contributed by atoms with Gasteiger partial charge in [0.15, 0.2) is 0 Å². The van der Waals surface area contributed by atoms with Gasteiger partial charge in [0.2, 0.25) is 0 Å². The minimum Gasteiger partial charge on any atom is -0.314 e. The average Bonchev–Trinajstić information content (AvgIpc) is 2.65. The number of thioether (sulfide) groups is 1. The zero-order valence-corrected chi connectivity index (χ0v) is 12.7. The molecule has 2 nitrogen and oxygen atoms in total. The van der Waals surface area contributed by atoms with Gasteiger partial charge in [0, 0.05) is 22.0 Å². The Bertz CT molecular complexity index is 355. The zero-order chi connectivity index (χ0) is 12.3. The molecule has 1 heterocycles. The van der Waals surface area contributed by atoms with Gasteiger partial charge in [0.05, 0.1) is 5.03 Å². The highest BCUT2D eigenvalue weighted by molar-refractivity contribution is 9.10. The van der Waals surface area contributed by atoms with E-state index in [1.165, 1.54) is 12.8 Å². The van der Waals surface area contributed by atoms with Crippen molar-refractivity contribution in [3.63, 3.8) is 0 Å².